The first-order valence-electron chi connectivity index (χ1n) is 6.18. The number of para-hydroxylation sites is 1. The number of nitrogens with zero attached hydrogens (tertiary/aromatic N) is 1. The highest BCUT2D eigenvalue weighted by Crippen LogP contribution is 2.25. The van der Waals surface area contributed by atoms with E-state index in [0.29, 0.717) is 0 Å². The molecule has 1 aliphatic heterocycles. The molecule has 2 rings (SSSR count). The monoisotopic (exact) mass is 235 g/mol. The Labute approximate surface area is 99.4 Å². The highest BCUT2D eigenvalue weighted by molar-refractivity contribution is 6.87. The first kappa shape index (κ1) is 11.7. The first-order chi connectivity index (χ1) is 7.73. The fourth-order valence-corrected chi connectivity index (χ4v) is 6.05. The Balaban J connectivity index is 2.54. The van der Waals surface area contributed by atoms with Crippen molar-refractivity contribution in [3.63, 3.8) is 0 Å². The SMILES string of the molecule is CC[Si]1(CC)OCCN(C)c2ccccc21. The average Bonchev–Trinajstić information content (AvgIpc) is 2.48. The largest absolute Gasteiger partial charge is 0.411 e. The molecule has 0 fully saturated rings. The Morgan fingerprint density at radius 3 is 2.62 bits per heavy atom. The van der Waals surface area contributed by atoms with E-state index in [1.807, 2.05) is 0 Å². The summed E-state index contributed by atoms with van der Waals surface area (Å²) >= 11 is 0. The number of hydrogen-bond acceptors (Lipinski definition) is 2. The van der Waals surface area contributed by atoms with E-state index >= 15 is 0 Å². The standard InChI is InChI=1S/C13H21NOSi/c1-4-16(5-2)13-9-7-6-8-12(13)14(3)10-11-15-16/h6-9H,4-5,10-11H2,1-3H3. The lowest BCUT2D eigenvalue weighted by atomic mass is 10.3. The summed E-state index contributed by atoms with van der Waals surface area (Å²) in [6.45, 7) is 6.43. The second-order valence-corrected chi connectivity index (χ2v) is 8.72. The lowest BCUT2D eigenvalue weighted by Gasteiger charge is -2.29. The van der Waals surface area contributed by atoms with Gasteiger partial charge in [-0.05, 0) is 23.3 Å². The van der Waals surface area contributed by atoms with Gasteiger partial charge < -0.3 is 9.33 Å². The Bertz CT molecular complexity index is 363. The van der Waals surface area contributed by atoms with Crippen molar-refractivity contribution in [1.29, 1.82) is 0 Å². The van der Waals surface area contributed by atoms with E-state index in [-0.39, 0.29) is 0 Å². The van der Waals surface area contributed by atoms with Gasteiger partial charge in [-0.3, -0.25) is 0 Å². The van der Waals surface area contributed by atoms with Crippen molar-refractivity contribution in [2.24, 2.45) is 0 Å². The van der Waals surface area contributed by atoms with Gasteiger partial charge in [0.05, 0.1) is 6.61 Å². The van der Waals surface area contributed by atoms with Crippen molar-refractivity contribution in [1.82, 2.24) is 0 Å². The van der Waals surface area contributed by atoms with Crippen LogP contribution in [-0.2, 0) is 4.43 Å². The second kappa shape index (κ2) is 4.59. The van der Waals surface area contributed by atoms with Gasteiger partial charge in [-0.15, -0.1) is 0 Å². The Morgan fingerprint density at radius 1 is 1.25 bits per heavy atom. The predicted molar refractivity (Wildman–Crippen MR) is 72.0 cm³/mol. The van der Waals surface area contributed by atoms with E-state index in [2.05, 4.69) is 50.1 Å². The normalized spacial score (nSPS) is 19.1. The molecule has 1 aromatic rings. The van der Waals surface area contributed by atoms with Crippen LogP contribution in [0.3, 0.4) is 0 Å². The molecule has 1 aliphatic rings. The zero-order valence-corrected chi connectivity index (χ0v) is 11.5. The van der Waals surface area contributed by atoms with Crippen LogP contribution in [0, 0.1) is 0 Å². The predicted octanol–water partition coefficient (Wildman–Crippen LogP) is 2.35. The molecule has 0 aromatic heterocycles. The molecule has 1 aromatic carbocycles. The molecule has 16 heavy (non-hydrogen) atoms. The summed E-state index contributed by atoms with van der Waals surface area (Å²) in [5, 5.41) is 1.49. The van der Waals surface area contributed by atoms with E-state index in [4.69, 9.17) is 4.43 Å². The second-order valence-electron chi connectivity index (χ2n) is 4.49. The molecule has 0 saturated carbocycles. The number of fused-ring (bicyclic) bond motifs is 1. The summed E-state index contributed by atoms with van der Waals surface area (Å²) in [7, 11) is 0.480. The van der Waals surface area contributed by atoms with Gasteiger partial charge >= 0.3 is 0 Å². The molecule has 3 heteroatoms. The first-order valence-corrected chi connectivity index (χ1v) is 8.50. The van der Waals surface area contributed by atoms with Crippen LogP contribution in [0.5, 0.6) is 0 Å². The molecule has 0 N–H and O–H groups in total. The molecular weight excluding hydrogens is 214 g/mol. The van der Waals surface area contributed by atoms with Crippen LogP contribution < -0.4 is 10.1 Å². The van der Waals surface area contributed by atoms with E-state index in [0.717, 1.165) is 13.2 Å². The molecule has 0 saturated heterocycles. The van der Waals surface area contributed by atoms with Gasteiger partial charge in [0, 0.05) is 19.3 Å². The molecule has 2 nitrogen and oxygen atoms in total. The maximum absolute atomic E-state index is 6.28. The fourth-order valence-electron chi connectivity index (χ4n) is 2.60. The number of likely N-dealkylation sites (N-methyl/N-ethyl adjacent to an activating group) is 1. The van der Waals surface area contributed by atoms with Crippen LogP contribution in [0.15, 0.2) is 24.3 Å². The number of rotatable bonds is 2. The summed E-state index contributed by atoms with van der Waals surface area (Å²) in [6, 6.07) is 11.1. The van der Waals surface area contributed by atoms with Crippen molar-refractivity contribution in [2.45, 2.75) is 25.9 Å². The van der Waals surface area contributed by atoms with Crippen LogP contribution in [0.2, 0.25) is 12.1 Å². The summed E-state index contributed by atoms with van der Waals surface area (Å²) < 4.78 is 6.28. The summed E-state index contributed by atoms with van der Waals surface area (Å²) in [6.07, 6.45) is 0. The smallest absolute Gasteiger partial charge is 0.225 e. The molecular formula is C13H21NOSi. The van der Waals surface area contributed by atoms with Gasteiger partial charge in [-0.1, -0.05) is 32.0 Å². The van der Waals surface area contributed by atoms with E-state index in [1.165, 1.54) is 23.0 Å². The number of hydrogen-bond donors (Lipinski definition) is 0. The van der Waals surface area contributed by atoms with E-state index in [1.54, 1.807) is 0 Å². The third-order valence-electron chi connectivity index (χ3n) is 3.75. The summed E-state index contributed by atoms with van der Waals surface area (Å²) in [5.74, 6) is 0. The quantitative estimate of drug-likeness (QED) is 0.730. The fraction of sp³-hybridized carbons (Fsp3) is 0.538. The van der Waals surface area contributed by atoms with Crippen molar-refractivity contribution >= 4 is 19.2 Å². The van der Waals surface area contributed by atoms with Gasteiger partial charge in [0.2, 0.25) is 8.32 Å². The minimum atomic E-state index is -1.69. The lowest BCUT2D eigenvalue weighted by molar-refractivity contribution is 0.320. The van der Waals surface area contributed by atoms with Gasteiger partial charge in [0.1, 0.15) is 0 Å². The van der Waals surface area contributed by atoms with Crippen LogP contribution in [0.1, 0.15) is 13.8 Å². The molecule has 0 amide bonds. The molecule has 0 unspecified atom stereocenters. The molecule has 0 radical (unpaired) electrons. The Morgan fingerprint density at radius 2 is 1.94 bits per heavy atom. The highest BCUT2D eigenvalue weighted by Gasteiger charge is 2.37. The minimum Gasteiger partial charge on any atom is -0.411 e. The molecule has 0 atom stereocenters. The van der Waals surface area contributed by atoms with Crippen LogP contribution in [0.4, 0.5) is 5.69 Å². The molecule has 1 heterocycles. The third kappa shape index (κ3) is 1.78. The van der Waals surface area contributed by atoms with Gasteiger partial charge in [0.15, 0.2) is 0 Å². The molecule has 0 spiro atoms. The zero-order valence-electron chi connectivity index (χ0n) is 10.5. The average molecular weight is 235 g/mol. The molecule has 0 aliphatic carbocycles. The van der Waals surface area contributed by atoms with Crippen LogP contribution in [-0.4, -0.2) is 28.5 Å². The maximum atomic E-state index is 6.28. The van der Waals surface area contributed by atoms with Crippen molar-refractivity contribution in [2.75, 3.05) is 25.1 Å². The van der Waals surface area contributed by atoms with Crippen LogP contribution in [0.25, 0.3) is 0 Å². The van der Waals surface area contributed by atoms with E-state index < -0.39 is 8.32 Å². The Hall–Kier alpha value is -0.803. The van der Waals surface area contributed by atoms with Gasteiger partial charge in [-0.2, -0.15) is 0 Å². The summed E-state index contributed by atoms with van der Waals surface area (Å²) in [5.41, 5.74) is 1.38. The number of benzene rings is 1. The molecule has 88 valence electrons. The van der Waals surface area contributed by atoms with E-state index in [9.17, 15) is 0 Å². The topological polar surface area (TPSA) is 12.5 Å². The minimum absolute atomic E-state index is 0.874. The van der Waals surface area contributed by atoms with Gasteiger partial charge in [0.25, 0.3) is 0 Å². The van der Waals surface area contributed by atoms with Gasteiger partial charge in [-0.25, -0.2) is 0 Å². The number of anilines is 1. The highest BCUT2D eigenvalue weighted by atomic mass is 28.4. The zero-order chi connectivity index (χ0) is 11.6. The van der Waals surface area contributed by atoms with Crippen molar-refractivity contribution < 1.29 is 4.43 Å². The molecule has 0 bridgehead atoms. The third-order valence-corrected chi connectivity index (χ3v) is 8.20. The van der Waals surface area contributed by atoms with Crippen molar-refractivity contribution in [3.05, 3.63) is 24.3 Å². The Kier molecular flexibility index (Phi) is 3.35. The van der Waals surface area contributed by atoms with Crippen LogP contribution >= 0.6 is 0 Å². The lowest BCUT2D eigenvalue weighted by Crippen LogP contribution is -2.49. The summed E-state index contributed by atoms with van der Waals surface area (Å²) in [4.78, 5) is 2.33. The van der Waals surface area contributed by atoms with Crippen molar-refractivity contribution in [3.8, 4) is 0 Å². The maximum Gasteiger partial charge on any atom is 0.225 e.